The first-order valence-electron chi connectivity index (χ1n) is 4.11. The molecular weight excluding hydrogens is 330 g/mol. The van der Waals surface area contributed by atoms with Gasteiger partial charge < -0.3 is 5.11 Å². The zero-order valence-electron chi connectivity index (χ0n) is 8.64. The number of hydrogen-bond acceptors (Lipinski definition) is 2. The van der Waals surface area contributed by atoms with Gasteiger partial charge >= 0.3 is 30.5 Å². The molecule has 0 radical (unpaired) electrons. The molecular formula is C6H3F12NO. The first-order chi connectivity index (χ1) is 8.43. The van der Waals surface area contributed by atoms with Gasteiger partial charge in [-0.05, 0) is 0 Å². The van der Waals surface area contributed by atoms with E-state index in [0.29, 0.717) is 0 Å². The Labute approximate surface area is 101 Å². The van der Waals surface area contributed by atoms with Crippen molar-refractivity contribution < 1.29 is 57.8 Å². The molecule has 0 spiro atoms. The van der Waals surface area contributed by atoms with E-state index in [2.05, 4.69) is 0 Å². The summed E-state index contributed by atoms with van der Waals surface area (Å²) in [6.45, 7) is -3.10. The number of aliphatic hydroxyl groups is 1. The van der Waals surface area contributed by atoms with Crippen LogP contribution in [0.2, 0.25) is 0 Å². The summed E-state index contributed by atoms with van der Waals surface area (Å²) in [7, 11) is 0. The first kappa shape index (κ1) is 19.1. The highest BCUT2D eigenvalue weighted by atomic mass is 19.4. The minimum Gasteiger partial charge on any atom is -0.390 e. The van der Waals surface area contributed by atoms with Crippen LogP contribution in [0.5, 0.6) is 0 Å². The molecule has 0 atom stereocenters. The number of rotatable bonds is 4. The molecule has 122 valence electrons. The topological polar surface area (TPSA) is 23.5 Å². The van der Waals surface area contributed by atoms with Crippen molar-refractivity contribution in [1.29, 1.82) is 0 Å². The van der Waals surface area contributed by atoms with Crippen LogP contribution in [0, 0.1) is 0 Å². The second-order valence-corrected chi connectivity index (χ2v) is 3.25. The highest BCUT2D eigenvalue weighted by Crippen LogP contribution is 2.52. The van der Waals surface area contributed by atoms with Gasteiger partial charge in [-0.25, -0.2) is 0 Å². The summed E-state index contributed by atoms with van der Waals surface area (Å²) in [5.74, 6) is -6.21. The average molecular weight is 333 g/mol. The summed E-state index contributed by atoms with van der Waals surface area (Å²) in [4.78, 5) is -3.94. The van der Waals surface area contributed by atoms with Crippen LogP contribution in [0.4, 0.5) is 52.7 Å². The third-order valence-corrected chi connectivity index (χ3v) is 1.79. The molecule has 0 saturated heterocycles. The molecule has 0 heterocycles. The third-order valence-electron chi connectivity index (χ3n) is 1.79. The van der Waals surface area contributed by atoms with Crippen molar-refractivity contribution in [3.8, 4) is 0 Å². The summed E-state index contributed by atoms with van der Waals surface area (Å²) in [5, 5.41) is 7.76. The van der Waals surface area contributed by atoms with Gasteiger partial charge in [-0.15, -0.1) is 0 Å². The van der Waals surface area contributed by atoms with Crippen LogP contribution in [0.15, 0.2) is 0 Å². The predicted molar refractivity (Wildman–Crippen MR) is 35.9 cm³/mol. The van der Waals surface area contributed by atoms with Crippen molar-refractivity contribution in [3.63, 3.8) is 0 Å². The fourth-order valence-electron chi connectivity index (χ4n) is 0.880. The number of halogens is 12. The Hall–Kier alpha value is -0.920. The molecule has 20 heavy (non-hydrogen) atoms. The molecule has 0 aromatic carbocycles. The normalized spacial score (nSPS) is 15.9. The lowest BCUT2D eigenvalue weighted by Crippen LogP contribution is -2.70. The van der Waals surface area contributed by atoms with E-state index >= 15 is 0 Å². The van der Waals surface area contributed by atoms with Crippen LogP contribution in [-0.2, 0) is 0 Å². The highest BCUT2D eigenvalue weighted by molar-refractivity contribution is 4.92. The fourth-order valence-corrected chi connectivity index (χ4v) is 0.880. The lowest BCUT2D eigenvalue weighted by molar-refractivity contribution is -0.485. The Morgan fingerprint density at radius 1 is 0.650 bits per heavy atom. The monoisotopic (exact) mass is 333 g/mol. The zero-order valence-corrected chi connectivity index (χ0v) is 8.64. The molecule has 0 amide bonds. The van der Waals surface area contributed by atoms with E-state index < -0.39 is 42.0 Å². The van der Waals surface area contributed by atoms with Crippen molar-refractivity contribution >= 4 is 0 Å². The number of nitrogens with zero attached hydrogens (tertiary/aromatic N) is 1. The van der Waals surface area contributed by atoms with Gasteiger partial charge in [-0.2, -0.15) is 52.7 Å². The molecule has 0 bridgehead atoms. The van der Waals surface area contributed by atoms with Crippen LogP contribution in [0.25, 0.3) is 0 Å². The molecule has 2 nitrogen and oxygen atoms in total. The third kappa shape index (κ3) is 3.05. The maximum atomic E-state index is 12.7. The summed E-state index contributed by atoms with van der Waals surface area (Å²) in [6.07, 6.45) is -14.4. The summed E-state index contributed by atoms with van der Waals surface area (Å²) >= 11 is 0. The molecule has 0 saturated carbocycles. The van der Waals surface area contributed by atoms with Crippen LogP contribution < -0.4 is 0 Å². The van der Waals surface area contributed by atoms with E-state index in [-0.39, 0.29) is 0 Å². The van der Waals surface area contributed by atoms with E-state index in [9.17, 15) is 52.7 Å². The maximum absolute atomic E-state index is 12.7. The molecule has 0 aromatic rings. The van der Waals surface area contributed by atoms with Gasteiger partial charge in [0, 0.05) is 0 Å². The van der Waals surface area contributed by atoms with E-state index in [1.54, 1.807) is 0 Å². The summed E-state index contributed by atoms with van der Waals surface area (Å²) in [5.41, 5.74) is 0. The van der Waals surface area contributed by atoms with Gasteiger partial charge in [0.15, 0.2) is 0 Å². The van der Waals surface area contributed by atoms with E-state index in [4.69, 9.17) is 5.11 Å². The van der Waals surface area contributed by atoms with E-state index in [1.165, 1.54) is 0 Å². The molecule has 14 heteroatoms. The zero-order chi connectivity index (χ0) is 16.8. The smallest absolute Gasteiger partial charge is 0.390 e. The van der Waals surface area contributed by atoms with Crippen molar-refractivity contribution in [2.45, 2.75) is 30.5 Å². The molecule has 0 aliphatic heterocycles. The quantitative estimate of drug-likeness (QED) is 0.631. The first-order valence-corrected chi connectivity index (χ1v) is 4.11. The van der Waals surface area contributed by atoms with Gasteiger partial charge in [0.2, 0.25) is 0 Å². The standard InChI is InChI=1S/C6H3F12NO/c7-2(8,1-20)4(12,13)19(6(16,17)18)5(14,15)3(9,10)11/h20H,1H2. The lowest BCUT2D eigenvalue weighted by atomic mass is 10.2. The molecule has 0 rings (SSSR count). The largest absolute Gasteiger partial charge is 0.469 e. The lowest BCUT2D eigenvalue weighted by Gasteiger charge is -2.40. The van der Waals surface area contributed by atoms with E-state index in [0.717, 1.165) is 0 Å². The molecule has 0 aromatic heterocycles. The Kier molecular flexibility index (Phi) is 4.60. The van der Waals surface area contributed by atoms with Gasteiger partial charge in [0.1, 0.15) is 6.61 Å². The minimum absolute atomic E-state index is 3.10. The van der Waals surface area contributed by atoms with Crippen LogP contribution in [0.3, 0.4) is 0 Å². The van der Waals surface area contributed by atoms with Crippen molar-refractivity contribution in [1.82, 2.24) is 4.90 Å². The number of aliphatic hydroxyl groups excluding tert-OH is 1. The average Bonchev–Trinajstić information content (AvgIpc) is 2.11. The van der Waals surface area contributed by atoms with Crippen LogP contribution >= 0.6 is 0 Å². The van der Waals surface area contributed by atoms with Crippen LogP contribution in [-0.4, -0.2) is 47.1 Å². The van der Waals surface area contributed by atoms with Crippen molar-refractivity contribution in [2.75, 3.05) is 6.61 Å². The fraction of sp³-hybridized carbons (Fsp3) is 1.00. The maximum Gasteiger partial charge on any atom is 0.469 e. The second kappa shape index (κ2) is 4.82. The Morgan fingerprint density at radius 2 is 1.00 bits per heavy atom. The van der Waals surface area contributed by atoms with E-state index in [1.807, 2.05) is 0 Å². The molecule has 0 aliphatic carbocycles. The predicted octanol–water partition coefficient (Wildman–Crippen LogP) is 3.18. The molecule has 0 fully saturated rings. The van der Waals surface area contributed by atoms with Gasteiger partial charge in [0.05, 0.1) is 0 Å². The van der Waals surface area contributed by atoms with Crippen LogP contribution in [0.1, 0.15) is 0 Å². The Morgan fingerprint density at radius 3 is 1.20 bits per heavy atom. The highest BCUT2D eigenvalue weighted by Gasteiger charge is 2.80. The van der Waals surface area contributed by atoms with Crippen molar-refractivity contribution in [3.05, 3.63) is 0 Å². The van der Waals surface area contributed by atoms with Crippen molar-refractivity contribution in [2.24, 2.45) is 0 Å². The molecule has 0 unspecified atom stereocenters. The van der Waals surface area contributed by atoms with Gasteiger partial charge in [0.25, 0.3) is 0 Å². The summed E-state index contributed by atoms with van der Waals surface area (Å²) < 4.78 is 146. The number of hydrogen-bond donors (Lipinski definition) is 1. The SMILES string of the molecule is OCC(F)(F)C(F)(F)N(C(F)(F)F)C(F)(F)C(F)(F)F. The number of alkyl halides is 12. The van der Waals surface area contributed by atoms with Gasteiger partial charge in [-0.1, -0.05) is 4.90 Å². The minimum atomic E-state index is -7.35. The Bertz CT molecular complexity index is 343. The second-order valence-electron chi connectivity index (χ2n) is 3.25. The molecule has 1 N–H and O–H groups in total. The van der Waals surface area contributed by atoms with Gasteiger partial charge in [-0.3, -0.25) is 0 Å². The molecule has 0 aliphatic rings. The summed E-state index contributed by atoms with van der Waals surface area (Å²) in [6, 6.07) is -14.4. The Balaban J connectivity index is 6.12.